The summed E-state index contributed by atoms with van der Waals surface area (Å²) in [6.07, 6.45) is 1.51. The van der Waals surface area contributed by atoms with Crippen molar-refractivity contribution in [3.63, 3.8) is 0 Å². The SMILES string of the molecule is Cc1ccoc1-c1nnnn1C(C)(C)C(=O)O. The fourth-order valence-electron chi connectivity index (χ4n) is 1.40. The standard InChI is InChI=1S/C10H12N4O3/c1-6-4-5-17-7(6)8-11-12-13-14(8)10(2,3)9(15)16/h4-5H,1-3H3,(H,15,16). The Labute approximate surface area is 97.0 Å². The Morgan fingerprint density at radius 2 is 2.24 bits per heavy atom. The Morgan fingerprint density at radius 1 is 1.53 bits per heavy atom. The van der Waals surface area contributed by atoms with Crippen LogP contribution in [-0.4, -0.2) is 31.3 Å². The maximum absolute atomic E-state index is 11.2. The van der Waals surface area contributed by atoms with E-state index in [0.29, 0.717) is 11.6 Å². The van der Waals surface area contributed by atoms with Crippen LogP contribution in [0.3, 0.4) is 0 Å². The quantitative estimate of drug-likeness (QED) is 0.856. The molecule has 7 nitrogen and oxygen atoms in total. The van der Waals surface area contributed by atoms with E-state index < -0.39 is 11.5 Å². The third-order valence-electron chi connectivity index (χ3n) is 2.59. The number of tetrazole rings is 1. The Balaban J connectivity index is 2.57. The topological polar surface area (TPSA) is 94.0 Å². The second-order valence-electron chi connectivity index (χ2n) is 4.21. The van der Waals surface area contributed by atoms with E-state index in [0.717, 1.165) is 5.56 Å². The maximum atomic E-state index is 11.2. The molecule has 0 unspecified atom stereocenters. The number of carboxylic acids is 1. The predicted molar refractivity (Wildman–Crippen MR) is 57.2 cm³/mol. The first-order chi connectivity index (χ1) is 7.94. The summed E-state index contributed by atoms with van der Waals surface area (Å²) in [5.41, 5.74) is -0.389. The van der Waals surface area contributed by atoms with Crippen molar-refractivity contribution >= 4 is 5.97 Å². The van der Waals surface area contributed by atoms with Crippen LogP contribution in [0.15, 0.2) is 16.7 Å². The van der Waals surface area contributed by atoms with Crippen molar-refractivity contribution in [2.24, 2.45) is 0 Å². The highest BCUT2D eigenvalue weighted by molar-refractivity contribution is 5.76. The van der Waals surface area contributed by atoms with Gasteiger partial charge in [0.15, 0.2) is 11.3 Å². The van der Waals surface area contributed by atoms with Gasteiger partial charge in [0, 0.05) is 0 Å². The molecule has 0 amide bonds. The molecule has 0 aliphatic heterocycles. The fourth-order valence-corrected chi connectivity index (χ4v) is 1.40. The molecule has 17 heavy (non-hydrogen) atoms. The van der Waals surface area contributed by atoms with Crippen molar-refractivity contribution in [1.82, 2.24) is 20.2 Å². The van der Waals surface area contributed by atoms with E-state index in [4.69, 9.17) is 9.52 Å². The van der Waals surface area contributed by atoms with Crippen LogP contribution in [0.5, 0.6) is 0 Å². The van der Waals surface area contributed by atoms with Crippen LogP contribution in [0.1, 0.15) is 19.4 Å². The molecular weight excluding hydrogens is 224 g/mol. The summed E-state index contributed by atoms with van der Waals surface area (Å²) in [4.78, 5) is 11.2. The Bertz CT molecular complexity index is 555. The molecule has 0 radical (unpaired) electrons. The molecule has 90 valence electrons. The van der Waals surface area contributed by atoms with Gasteiger partial charge in [-0.15, -0.1) is 5.10 Å². The Morgan fingerprint density at radius 3 is 2.76 bits per heavy atom. The lowest BCUT2D eigenvalue weighted by Gasteiger charge is -2.19. The van der Waals surface area contributed by atoms with Crippen molar-refractivity contribution < 1.29 is 14.3 Å². The third kappa shape index (κ3) is 1.69. The first-order valence-electron chi connectivity index (χ1n) is 5.01. The highest BCUT2D eigenvalue weighted by atomic mass is 16.4. The number of aliphatic carboxylic acids is 1. The summed E-state index contributed by atoms with van der Waals surface area (Å²) < 4.78 is 6.51. The van der Waals surface area contributed by atoms with Gasteiger partial charge in [0.2, 0.25) is 5.82 Å². The molecule has 2 heterocycles. The Kier molecular flexibility index (Phi) is 2.45. The second-order valence-corrected chi connectivity index (χ2v) is 4.21. The molecule has 0 atom stereocenters. The average molecular weight is 236 g/mol. The predicted octanol–water partition coefficient (Wildman–Crippen LogP) is 1.06. The van der Waals surface area contributed by atoms with Gasteiger partial charge in [-0.2, -0.15) is 0 Å². The summed E-state index contributed by atoms with van der Waals surface area (Å²) in [5, 5.41) is 20.2. The molecule has 0 aromatic carbocycles. The summed E-state index contributed by atoms with van der Waals surface area (Å²) in [5.74, 6) is -0.237. The van der Waals surface area contributed by atoms with Gasteiger partial charge in [-0.25, -0.2) is 9.48 Å². The van der Waals surface area contributed by atoms with Crippen LogP contribution in [0.2, 0.25) is 0 Å². The molecule has 7 heteroatoms. The number of rotatable bonds is 3. The molecule has 1 N–H and O–H groups in total. The number of nitrogens with zero attached hydrogens (tertiary/aromatic N) is 4. The van der Waals surface area contributed by atoms with Gasteiger partial charge in [0.05, 0.1) is 6.26 Å². The van der Waals surface area contributed by atoms with E-state index in [1.165, 1.54) is 24.8 Å². The van der Waals surface area contributed by atoms with E-state index in [1.807, 2.05) is 6.92 Å². The molecule has 0 saturated carbocycles. The van der Waals surface area contributed by atoms with Gasteiger partial charge in [0.1, 0.15) is 0 Å². The summed E-state index contributed by atoms with van der Waals surface area (Å²) in [6, 6.07) is 1.77. The van der Waals surface area contributed by atoms with Crippen molar-refractivity contribution in [2.75, 3.05) is 0 Å². The minimum Gasteiger partial charge on any atom is -0.479 e. The summed E-state index contributed by atoms with van der Waals surface area (Å²) in [6.45, 7) is 4.88. The normalized spacial score (nSPS) is 11.7. The minimum absolute atomic E-state index is 0.305. The zero-order valence-electron chi connectivity index (χ0n) is 9.71. The van der Waals surface area contributed by atoms with E-state index in [2.05, 4.69) is 15.5 Å². The zero-order chi connectivity index (χ0) is 12.6. The van der Waals surface area contributed by atoms with Gasteiger partial charge in [-0.3, -0.25) is 0 Å². The first-order valence-corrected chi connectivity index (χ1v) is 5.01. The summed E-state index contributed by atoms with van der Waals surface area (Å²) >= 11 is 0. The van der Waals surface area contributed by atoms with E-state index >= 15 is 0 Å². The number of hydrogen-bond donors (Lipinski definition) is 1. The number of aromatic nitrogens is 4. The van der Waals surface area contributed by atoms with Crippen LogP contribution in [-0.2, 0) is 10.3 Å². The van der Waals surface area contributed by atoms with Gasteiger partial charge < -0.3 is 9.52 Å². The number of hydrogen-bond acceptors (Lipinski definition) is 5. The minimum atomic E-state index is -1.24. The van der Waals surface area contributed by atoms with Gasteiger partial charge in [-0.05, 0) is 42.8 Å². The number of furan rings is 1. The molecule has 2 rings (SSSR count). The second kappa shape index (κ2) is 3.69. The lowest BCUT2D eigenvalue weighted by atomic mass is 10.1. The molecule has 0 spiro atoms. The third-order valence-corrected chi connectivity index (χ3v) is 2.59. The highest BCUT2D eigenvalue weighted by Gasteiger charge is 2.34. The molecule has 2 aromatic rings. The first kappa shape index (κ1) is 11.3. The molecule has 0 aliphatic rings. The molecule has 0 saturated heterocycles. The lowest BCUT2D eigenvalue weighted by Crippen LogP contribution is -2.37. The molecular formula is C10H12N4O3. The molecule has 0 bridgehead atoms. The number of carbonyl (C=O) groups is 1. The summed E-state index contributed by atoms with van der Waals surface area (Å²) in [7, 11) is 0. The van der Waals surface area contributed by atoms with Crippen LogP contribution >= 0.6 is 0 Å². The van der Waals surface area contributed by atoms with Crippen molar-refractivity contribution in [1.29, 1.82) is 0 Å². The van der Waals surface area contributed by atoms with Gasteiger partial charge >= 0.3 is 5.97 Å². The zero-order valence-corrected chi connectivity index (χ0v) is 9.71. The lowest BCUT2D eigenvalue weighted by molar-refractivity contribution is -0.146. The van der Waals surface area contributed by atoms with E-state index in [1.54, 1.807) is 6.07 Å². The van der Waals surface area contributed by atoms with Gasteiger partial charge in [0.25, 0.3) is 0 Å². The molecule has 0 aliphatic carbocycles. The van der Waals surface area contributed by atoms with E-state index in [9.17, 15) is 4.79 Å². The smallest absolute Gasteiger partial charge is 0.331 e. The van der Waals surface area contributed by atoms with Crippen molar-refractivity contribution in [3.8, 4) is 11.6 Å². The van der Waals surface area contributed by atoms with Crippen LogP contribution < -0.4 is 0 Å². The van der Waals surface area contributed by atoms with Crippen LogP contribution in [0, 0.1) is 6.92 Å². The number of carboxylic acid groups (broad SMARTS) is 1. The van der Waals surface area contributed by atoms with Crippen LogP contribution in [0.25, 0.3) is 11.6 Å². The highest BCUT2D eigenvalue weighted by Crippen LogP contribution is 2.26. The monoisotopic (exact) mass is 236 g/mol. The molecule has 2 aromatic heterocycles. The maximum Gasteiger partial charge on any atom is 0.331 e. The average Bonchev–Trinajstić information content (AvgIpc) is 2.84. The van der Waals surface area contributed by atoms with Crippen molar-refractivity contribution in [3.05, 3.63) is 17.9 Å². The van der Waals surface area contributed by atoms with E-state index in [-0.39, 0.29) is 0 Å². The van der Waals surface area contributed by atoms with Crippen molar-refractivity contribution in [2.45, 2.75) is 26.3 Å². The Hall–Kier alpha value is -2.18. The van der Waals surface area contributed by atoms with Gasteiger partial charge in [-0.1, -0.05) is 0 Å². The molecule has 0 fully saturated rings. The van der Waals surface area contributed by atoms with Crippen LogP contribution in [0.4, 0.5) is 0 Å². The number of aryl methyl sites for hydroxylation is 1. The fraction of sp³-hybridized carbons (Fsp3) is 0.400. The largest absolute Gasteiger partial charge is 0.479 e.